The molecule has 0 aliphatic carbocycles. The Morgan fingerprint density at radius 1 is 1.41 bits per heavy atom. The highest BCUT2D eigenvalue weighted by Gasteiger charge is 2.33. The fraction of sp³-hybridized carbons (Fsp3) is 0.786. The minimum atomic E-state index is 0.0597. The Morgan fingerprint density at radius 3 is 2.47 bits per heavy atom. The Labute approximate surface area is 105 Å². The summed E-state index contributed by atoms with van der Waals surface area (Å²) in [7, 11) is 2.15. The predicted octanol–water partition coefficient (Wildman–Crippen LogP) is 2.28. The van der Waals surface area contributed by atoms with Crippen LogP contribution in [0.2, 0.25) is 0 Å². The first-order valence-corrected chi connectivity index (χ1v) is 6.43. The zero-order valence-corrected chi connectivity index (χ0v) is 11.9. The van der Waals surface area contributed by atoms with Crippen molar-refractivity contribution in [2.24, 2.45) is 0 Å². The molecule has 1 saturated heterocycles. The van der Waals surface area contributed by atoms with Crippen LogP contribution in [-0.2, 0) is 4.79 Å². The monoisotopic (exact) mass is 238 g/mol. The lowest BCUT2D eigenvalue weighted by atomic mass is 9.94. The van der Waals surface area contributed by atoms with E-state index < -0.39 is 0 Å². The number of piperidine rings is 1. The van der Waals surface area contributed by atoms with Crippen molar-refractivity contribution in [3.8, 4) is 0 Å². The molecule has 0 spiro atoms. The molecule has 0 radical (unpaired) electrons. The number of nitrogens with zero attached hydrogens (tertiary/aromatic N) is 2. The highest BCUT2D eigenvalue weighted by Crippen LogP contribution is 2.25. The average Bonchev–Trinajstić information content (AvgIpc) is 2.26. The van der Waals surface area contributed by atoms with Gasteiger partial charge in [-0.2, -0.15) is 0 Å². The fourth-order valence-corrected chi connectivity index (χ4v) is 2.38. The number of hydrogen-bond acceptors (Lipinski definition) is 2. The van der Waals surface area contributed by atoms with Gasteiger partial charge < -0.3 is 4.90 Å². The van der Waals surface area contributed by atoms with E-state index in [0.717, 1.165) is 19.4 Å². The maximum atomic E-state index is 11.8. The van der Waals surface area contributed by atoms with Crippen LogP contribution < -0.4 is 0 Å². The quantitative estimate of drug-likeness (QED) is 0.689. The lowest BCUT2D eigenvalue weighted by Gasteiger charge is -2.45. The van der Waals surface area contributed by atoms with Crippen LogP contribution >= 0.6 is 0 Å². The normalized spacial score (nSPS) is 26.1. The van der Waals surface area contributed by atoms with E-state index in [9.17, 15) is 4.79 Å². The highest BCUT2D eigenvalue weighted by molar-refractivity contribution is 5.87. The van der Waals surface area contributed by atoms with Crippen molar-refractivity contribution in [3.05, 3.63) is 12.7 Å². The second-order valence-electron chi connectivity index (χ2n) is 6.06. The van der Waals surface area contributed by atoms with E-state index in [4.69, 9.17) is 0 Å². The molecule has 0 saturated carbocycles. The maximum absolute atomic E-state index is 11.8. The molecule has 0 bridgehead atoms. The standard InChI is InChI=1S/C14H26N2O/c1-7-13(17)16-10-12(9-8-11(16)2)15(6)14(3,4)5/h7,11-12H,1,8-10H2,2-6H3/t11-,12-/m1/s1. The molecule has 0 aromatic rings. The molecule has 2 atom stereocenters. The average molecular weight is 238 g/mol. The summed E-state index contributed by atoms with van der Waals surface area (Å²) >= 11 is 0. The summed E-state index contributed by atoms with van der Waals surface area (Å²) in [5, 5.41) is 0. The van der Waals surface area contributed by atoms with E-state index in [1.165, 1.54) is 6.08 Å². The van der Waals surface area contributed by atoms with Gasteiger partial charge in [-0.15, -0.1) is 0 Å². The third-order valence-electron chi connectivity index (χ3n) is 3.92. The molecule has 1 aliphatic heterocycles. The van der Waals surface area contributed by atoms with Gasteiger partial charge in [-0.05, 0) is 53.7 Å². The van der Waals surface area contributed by atoms with E-state index in [-0.39, 0.29) is 11.4 Å². The van der Waals surface area contributed by atoms with Crippen molar-refractivity contribution in [2.75, 3.05) is 13.6 Å². The van der Waals surface area contributed by atoms with Crippen molar-refractivity contribution in [2.45, 2.75) is 58.2 Å². The molecule has 3 nitrogen and oxygen atoms in total. The predicted molar refractivity (Wildman–Crippen MR) is 71.9 cm³/mol. The molecule has 0 unspecified atom stereocenters. The molecular weight excluding hydrogens is 212 g/mol. The highest BCUT2D eigenvalue weighted by atomic mass is 16.2. The molecule has 3 heteroatoms. The second-order valence-corrected chi connectivity index (χ2v) is 6.06. The number of carbonyl (C=O) groups is 1. The number of carbonyl (C=O) groups excluding carboxylic acids is 1. The van der Waals surface area contributed by atoms with Crippen molar-refractivity contribution < 1.29 is 4.79 Å². The minimum absolute atomic E-state index is 0.0597. The Morgan fingerprint density at radius 2 is 2.00 bits per heavy atom. The molecule has 1 fully saturated rings. The van der Waals surface area contributed by atoms with Gasteiger partial charge in [0, 0.05) is 24.2 Å². The molecule has 17 heavy (non-hydrogen) atoms. The Kier molecular flexibility index (Phi) is 4.36. The van der Waals surface area contributed by atoms with Crippen LogP contribution in [0, 0.1) is 0 Å². The van der Waals surface area contributed by atoms with Gasteiger partial charge in [-0.3, -0.25) is 9.69 Å². The van der Waals surface area contributed by atoms with Crippen molar-refractivity contribution in [1.29, 1.82) is 0 Å². The van der Waals surface area contributed by atoms with Crippen LogP contribution in [0.4, 0.5) is 0 Å². The zero-order valence-electron chi connectivity index (χ0n) is 11.9. The summed E-state index contributed by atoms with van der Waals surface area (Å²) in [5.74, 6) is 0.0597. The SMILES string of the molecule is C=CC(=O)N1C[C@H](N(C)C(C)(C)C)CC[C@H]1C. The lowest BCUT2D eigenvalue weighted by molar-refractivity contribution is -0.131. The van der Waals surface area contributed by atoms with E-state index in [0.29, 0.717) is 12.1 Å². The van der Waals surface area contributed by atoms with Crippen LogP contribution in [0.3, 0.4) is 0 Å². The first-order chi connectivity index (χ1) is 7.77. The minimum Gasteiger partial charge on any atom is -0.335 e. The van der Waals surface area contributed by atoms with E-state index in [1.807, 2.05) is 4.90 Å². The molecular formula is C14H26N2O. The summed E-state index contributed by atoms with van der Waals surface area (Å²) in [4.78, 5) is 16.1. The summed E-state index contributed by atoms with van der Waals surface area (Å²) in [6.45, 7) is 13.2. The molecule has 0 aromatic heterocycles. The first-order valence-electron chi connectivity index (χ1n) is 6.43. The van der Waals surface area contributed by atoms with Crippen molar-refractivity contribution in [3.63, 3.8) is 0 Å². The van der Waals surface area contributed by atoms with Crippen molar-refractivity contribution in [1.82, 2.24) is 9.80 Å². The number of amides is 1. The molecule has 0 N–H and O–H groups in total. The van der Waals surface area contributed by atoms with Gasteiger partial charge in [0.1, 0.15) is 0 Å². The molecule has 0 aromatic carbocycles. The largest absolute Gasteiger partial charge is 0.335 e. The maximum Gasteiger partial charge on any atom is 0.246 e. The van der Waals surface area contributed by atoms with E-state index >= 15 is 0 Å². The fourth-order valence-electron chi connectivity index (χ4n) is 2.38. The molecule has 98 valence electrons. The Bertz CT molecular complexity index is 293. The number of likely N-dealkylation sites (N-methyl/N-ethyl adjacent to an activating group) is 1. The van der Waals surface area contributed by atoms with Crippen LogP contribution in [0.1, 0.15) is 40.5 Å². The summed E-state index contributed by atoms with van der Waals surface area (Å²) in [5.41, 5.74) is 0.147. The van der Waals surface area contributed by atoms with Gasteiger partial charge in [-0.25, -0.2) is 0 Å². The van der Waals surface area contributed by atoms with Gasteiger partial charge in [0.25, 0.3) is 0 Å². The van der Waals surface area contributed by atoms with E-state index in [1.54, 1.807) is 0 Å². The van der Waals surface area contributed by atoms with E-state index in [2.05, 4.69) is 46.2 Å². The number of rotatable bonds is 2. The van der Waals surface area contributed by atoms with Crippen LogP contribution in [0.15, 0.2) is 12.7 Å². The van der Waals surface area contributed by atoms with Crippen LogP contribution in [-0.4, -0.2) is 46.9 Å². The zero-order chi connectivity index (χ0) is 13.2. The van der Waals surface area contributed by atoms with Gasteiger partial charge in [0.05, 0.1) is 0 Å². The molecule has 1 rings (SSSR count). The Hall–Kier alpha value is -0.830. The smallest absolute Gasteiger partial charge is 0.246 e. The van der Waals surface area contributed by atoms with Gasteiger partial charge in [0.15, 0.2) is 0 Å². The third kappa shape index (κ3) is 3.32. The van der Waals surface area contributed by atoms with Crippen LogP contribution in [0.5, 0.6) is 0 Å². The summed E-state index contributed by atoms with van der Waals surface area (Å²) in [6, 6.07) is 0.792. The topological polar surface area (TPSA) is 23.6 Å². The Balaban J connectivity index is 2.73. The summed E-state index contributed by atoms with van der Waals surface area (Å²) < 4.78 is 0. The van der Waals surface area contributed by atoms with Crippen molar-refractivity contribution >= 4 is 5.91 Å². The molecule has 1 amide bonds. The van der Waals surface area contributed by atoms with Gasteiger partial charge >= 0.3 is 0 Å². The van der Waals surface area contributed by atoms with Gasteiger partial charge in [0.2, 0.25) is 5.91 Å². The molecule has 1 heterocycles. The van der Waals surface area contributed by atoms with Crippen LogP contribution in [0.25, 0.3) is 0 Å². The molecule has 1 aliphatic rings. The number of likely N-dealkylation sites (tertiary alicyclic amines) is 1. The third-order valence-corrected chi connectivity index (χ3v) is 3.92. The second kappa shape index (κ2) is 5.21. The number of hydrogen-bond donors (Lipinski definition) is 0. The summed E-state index contributed by atoms with van der Waals surface area (Å²) in [6.07, 6.45) is 3.66. The van der Waals surface area contributed by atoms with Gasteiger partial charge in [-0.1, -0.05) is 6.58 Å². The lowest BCUT2D eigenvalue weighted by Crippen LogP contribution is -2.55. The first kappa shape index (κ1) is 14.2.